The molecule has 2 rings (SSSR count). The van der Waals surface area contributed by atoms with Gasteiger partial charge < -0.3 is 4.74 Å². The van der Waals surface area contributed by atoms with Gasteiger partial charge in [-0.1, -0.05) is 31.2 Å². The van der Waals surface area contributed by atoms with Gasteiger partial charge in [-0.2, -0.15) is 0 Å². The van der Waals surface area contributed by atoms with E-state index in [1.807, 2.05) is 0 Å². The summed E-state index contributed by atoms with van der Waals surface area (Å²) in [4.78, 5) is 2.38. The Morgan fingerprint density at radius 3 is 2.92 bits per heavy atom. The minimum absolute atomic E-state index is 0.272. The van der Waals surface area contributed by atoms with Gasteiger partial charge in [-0.3, -0.25) is 4.90 Å². The average Bonchev–Trinajstić information content (AvgIpc) is 2.18. The Hall–Kier alpha value is -0.600. The number of ether oxygens (including phenoxy) is 1. The van der Waals surface area contributed by atoms with Crippen molar-refractivity contribution in [2.75, 3.05) is 13.6 Å². The zero-order valence-electron chi connectivity index (χ0n) is 8.31. The smallest absolute Gasteiger partial charge is 0.0954 e. The number of morpholine rings is 1. The van der Waals surface area contributed by atoms with Crippen LogP contribution in [0.3, 0.4) is 0 Å². The Bertz CT molecular complexity index is 234. The van der Waals surface area contributed by atoms with E-state index in [2.05, 4.69) is 43.2 Å². The summed E-state index contributed by atoms with van der Waals surface area (Å²) >= 11 is 0. The molecular formula is C11H17NO. The van der Waals surface area contributed by atoms with Crippen LogP contribution < -0.4 is 0 Å². The molecule has 0 radical (unpaired) electrons. The fraction of sp³-hybridized carbons (Fsp3) is 0.636. The Kier molecular flexibility index (Phi) is 2.51. The third-order valence-electron chi connectivity index (χ3n) is 2.86. The predicted molar refractivity (Wildman–Crippen MR) is 53.7 cm³/mol. The first kappa shape index (κ1) is 8.97. The van der Waals surface area contributed by atoms with Crippen LogP contribution >= 0.6 is 0 Å². The molecule has 2 aliphatic rings. The highest BCUT2D eigenvalue weighted by atomic mass is 16.5. The maximum atomic E-state index is 5.93. The van der Waals surface area contributed by atoms with E-state index in [1.54, 1.807) is 0 Å². The predicted octanol–water partition coefficient (Wildman–Crippen LogP) is 1.59. The van der Waals surface area contributed by atoms with Gasteiger partial charge in [0.15, 0.2) is 0 Å². The quantitative estimate of drug-likeness (QED) is 0.606. The number of hydrogen-bond acceptors (Lipinski definition) is 2. The van der Waals surface area contributed by atoms with E-state index in [0.29, 0.717) is 12.1 Å². The largest absolute Gasteiger partial charge is 0.368 e. The van der Waals surface area contributed by atoms with Gasteiger partial charge in [0.1, 0.15) is 0 Å². The van der Waals surface area contributed by atoms with E-state index in [9.17, 15) is 0 Å². The summed E-state index contributed by atoms with van der Waals surface area (Å²) in [5, 5.41) is 0. The maximum absolute atomic E-state index is 5.93. The summed E-state index contributed by atoms with van der Waals surface area (Å²) in [7, 11) is 2.17. The standard InChI is InChI=1S/C11H17NO/c1-3-9-8-12(2)10-6-4-5-7-11(10)13-9/h4-7,9-11H,3,8H2,1-2H3. The second-order valence-corrected chi connectivity index (χ2v) is 3.83. The molecule has 1 fully saturated rings. The van der Waals surface area contributed by atoms with Gasteiger partial charge in [0.25, 0.3) is 0 Å². The van der Waals surface area contributed by atoms with E-state index in [-0.39, 0.29) is 6.10 Å². The van der Waals surface area contributed by atoms with E-state index in [1.165, 1.54) is 0 Å². The molecule has 1 aliphatic heterocycles. The van der Waals surface area contributed by atoms with Crippen molar-refractivity contribution in [1.29, 1.82) is 0 Å². The molecular weight excluding hydrogens is 162 g/mol. The van der Waals surface area contributed by atoms with Gasteiger partial charge in [-0.25, -0.2) is 0 Å². The summed E-state index contributed by atoms with van der Waals surface area (Å²) in [5.74, 6) is 0. The number of likely N-dealkylation sites (N-methyl/N-ethyl adjacent to an activating group) is 1. The van der Waals surface area contributed by atoms with Crippen LogP contribution in [0.2, 0.25) is 0 Å². The highest BCUT2D eigenvalue weighted by molar-refractivity contribution is 5.19. The lowest BCUT2D eigenvalue weighted by Gasteiger charge is -2.41. The van der Waals surface area contributed by atoms with E-state index in [0.717, 1.165) is 13.0 Å². The first-order valence-electron chi connectivity index (χ1n) is 5.02. The Morgan fingerprint density at radius 2 is 2.15 bits per heavy atom. The minimum Gasteiger partial charge on any atom is -0.368 e. The Balaban J connectivity index is 2.09. The number of allylic oxidation sites excluding steroid dienone is 2. The van der Waals surface area contributed by atoms with Crippen molar-refractivity contribution >= 4 is 0 Å². The fourth-order valence-electron chi connectivity index (χ4n) is 2.03. The van der Waals surface area contributed by atoms with Gasteiger partial charge in [-0.05, 0) is 13.5 Å². The molecule has 2 heteroatoms. The monoisotopic (exact) mass is 179 g/mol. The molecule has 0 aromatic rings. The molecule has 0 spiro atoms. The molecule has 0 aromatic carbocycles. The Labute approximate surface area is 79.9 Å². The SMILES string of the molecule is CCC1CN(C)C2C=CC=CC2O1. The van der Waals surface area contributed by atoms with Crippen molar-refractivity contribution in [1.82, 2.24) is 4.90 Å². The first-order valence-corrected chi connectivity index (χ1v) is 5.02. The van der Waals surface area contributed by atoms with Crippen molar-refractivity contribution in [2.45, 2.75) is 31.6 Å². The molecule has 3 atom stereocenters. The lowest BCUT2D eigenvalue weighted by Crippen LogP contribution is -2.51. The van der Waals surface area contributed by atoms with Crippen LogP contribution in [-0.4, -0.2) is 36.7 Å². The number of rotatable bonds is 1. The van der Waals surface area contributed by atoms with Gasteiger partial charge in [0.05, 0.1) is 18.2 Å². The summed E-state index contributed by atoms with van der Waals surface area (Å²) in [6.45, 7) is 3.23. The fourth-order valence-corrected chi connectivity index (χ4v) is 2.03. The van der Waals surface area contributed by atoms with E-state index < -0.39 is 0 Å². The molecule has 13 heavy (non-hydrogen) atoms. The topological polar surface area (TPSA) is 12.5 Å². The molecule has 1 heterocycles. The van der Waals surface area contributed by atoms with Crippen molar-refractivity contribution in [3.63, 3.8) is 0 Å². The van der Waals surface area contributed by atoms with Crippen LogP contribution in [0.5, 0.6) is 0 Å². The molecule has 0 saturated carbocycles. The van der Waals surface area contributed by atoms with Crippen LogP contribution in [0.4, 0.5) is 0 Å². The second-order valence-electron chi connectivity index (χ2n) is 3.83. The van der Waals surface area contributed by atoms with Crippen LogP contribution in [0.1, 0.15) is 13.3 Å². The lowest BCUT2D eigenvalue weighted by molar-refractivity contribution is -0.0792. The molecule has 3 unspecified atom stereocenters. The van der Waals surface area contributed by atoms with Gasteiger partial charge >= 0.3 is 0 Å². The summed E-state index contributed by atoms with van der Waals surface area (Å²) < 4.78 is 5.93. The van der Waals surface area contributed by atoms with E-state index >= 15 is 0 Å². The lowest BCUT2D eigenvalue weighted by atomic mass is 10.0. The molecule has 0 amide bonds. The van der Waals surface area contributed by atoms with Crippen molar-refractivity contribution in [3.05, 3.63) is 24.3 Å². The molecule has 0 aromatic heterocycles. The zero-order chi connectivity index (χ0) is 9.26. The molecule has 1 aliphatic carbocycles. The summed E-state index contributed by atoms with van der Waals surface area (Å²) in [6.07, 6.45) is 10.3. The third-order valence-corrected chi connectivity index (χ3v) is 2.86. The summed E-state index contributed by atoms with van der Waals surface area (Å²) in [6, 6.07) is 0.452. The van der Waals surface area contributed by atoms with Crippen LogP contribution in [0, 0.1) is 0 Å². The molecule has 2 nitrogen and oxygen atoms in total. The molecule has 1 saturated heterocycles. The van der Waals surface area contributed by atoms with Crippen LogP contribution in [0.25, 0.3) is 0 Å². The number of fused-ring (bicyclic) bond motifs is 1. The molecule has 72 valence electrons. The maximum Gasteiger partial charge on any atom is 0.0954 e. The van der Waals surface area contributed by atoms with E-state index in [4.69, 9.17) is 4.74 Å². The summed E-state index contributed by atoms with van der Waals surface area (Å²) in [5.41, 5.74) is 0. The second kappa shape index (κ2) is 3.64. The van der Waals surface area contributed by atoms with Gasteiger partial charge in [-0.15, -0.1) is 0 Å². The normalized spacial score (nSPS) is 39.1. The minimum atomic E-state index is 0.272. The van der Waals surface area contributed by atoms with Gasteiger partial charge in [0.2, 0.25) is 0 Å². The highest BCUT2D eigenvalue weighted by Gasteiger charge is 2.31. The van der Waals surface area contributed by atoms with Crippen molar-refractivity contribution < 1.29 is 4.74 Å². The Morgan fingerprint density at radius 1 is 1.38 bits per heavy atom. The number of nitrogens with zero attached hydrogens (tertiary/aromatic N) is 1. The van der Waals surface area contributed by atoms with Gasteiger partial charge in [0, 0.05) is 6.54 Å². The third kappa shape index (κ3) is 1.69. The van der Waals surface area contributed by atoms with Crippen LogP contribution in [-0.2, 0) is 4.74 Å². The van der Waals surface area contributed by atoms with Crippen molar-refractivity contribution in [2.24, 2.45) is 0 Å². The molecule has 0 bridgehead atoms. The highest BCUT2D eigenvalue weighted by Crippen LogP contribution is 2.22. The number of hydrogen-bond donors (Lipinski definition) is 0. The zero-order valence-corrected chi connectivity index (χ0v) is 8.31. The first-order chi connectivity index (χ1) is 6.31. The molecule has 0 N–H and O–H groups in total. The average molecular weight is 179 g/mol. The van der Waals surface area contributed by atoms with Crippen molar-refractivity contribution in [3.8, 4) is 0 Å². The van der Waals surface area contributed by atoms with Crippen LogP contribution in [0.15, 0.2) is 24.3 Å².